The highest BCUT2D eigenvalue weighted by molar-refractivity contribution is 7.80. The number of thiocarbonyl (C=S) groups is 1. The predicted molar refractivity (Wildman–Crippen MR) is 97.1 cm³/mol. The van der Waals surface area contributed by atoms with Crippen molar-refractivity contribution >= 4 is 40.3 Å². The van der Waals surface area contributed by atoms with Gasteiger partial charge in [0.1, 0.15) is 0 Å². The molecule has 120 valence electrons. The SMILES string of the molecule is O=[N+]([O-])c1ccc(Cl)c(NC(=S)NCCCc2ccccc2)c1. The highest BCUT2D eigenvalue weighted by Crippen LogP contribution is 2.26. The van der Waals surface area contributed by atoms with Crippen LogP contribution in [-0.2, 0) is 6.42 Å². The Morgan fingerprint density at radius 3 is 2.65 bits per heavy atom. The summed E-state index contributed by atoms with van der Waals surface area (Å²) in [6.45, 7) is 0.702. The minimum absolute atomic E-state index is 0.0382. The van der Waals surface area contributed by atoms with Gasteiger partial charge in [-0.2, -0.15) is 0 Å². The molecule has 5 nitrogen and oxygen atoms in total. The third-order valence-corrected chi connectivity index (χ3v) is 3.76. The number of benzene rings is 2. The van der Waals surface area contributed by atoms with Crippen LogP contribution in [0.4, 0.5) is 11.4 Å². The lowest BCUT2D eigenvalue weighted by Crippen LogP contribution is -2.29. The number of nitrogens with zero attached hydrogens (tertiary/aromatic N) is 1. The second-order valence-corrected chi connectivity index (χ2v) is 5.71. The molecule has 0 atom stereocenters. The van der Waals surface area contributed by atoms with Gasteiger partial charge in [0.15, 0.2) is 5.11 Å². The fourth-order valence-corrected chi connectivity index (χ4v) is 2.41. The Morgan fingerprint density at radius 1 is 1.22 bits per heavy atom. The van der Waals surface area contributed by atoms with Gasteiger partial charge in [-0.1, -0.05) is 41.9 Å². The van der Waals surface area contributed by atoms with E-state index in [1.165, 1.54) is 23.8 Å². The molecular formula is C16H16ClN3O2S. The number of non-ortho nitro benzene ring substituents is 1. The fourth-order valence-electron chi connectivity index (χ4n) is 2.03. The first-order chi connectivity index (χ1) is 11.1. The number of nitrogens with one attached hydrogen (secondary N) is 2. The molecule has 23 heavy (non-hydrogen) atoms. The van der Waals surface area contributed by atoms with E-state index in [2.05, 4.69) is 22.8 Å². The van der Waals surface area contributed by atoms with Crippen LogP contribution in [0.1, 0.15) is 12.0 Å². The number of halogens is 1. The maximum absolute atomic E-state index is 10.8. The van der Waals surface area contributed by atoms with Crippen molar-refractivity contribution in [1.82, 2.24) is 5.32 Å². The summed E-state index contributed by atoms with van der Waals surface area (Å²) < 4.78 is 0. The van der Waals surface area contributed by atoms with Crippen LogP contribution in [0.25, 0.3) is 0 Å². The molecule has 2 rings (SSSR count). The Hall–Kier alpha value is -2.18. The van der Waals surface area contributed by atoms with Crippen molar-refractivity contribution in [3.8, 4) is 0 Å². The molecule has 0 aliphatic heterocycles. The fraction of sp³-hybridized carbons (Fsp3) is 0.188. The van der Waals surface area contributed by atoms with Crippen LogP contribution < -0.4 is 10.6 Å². The second kappa shape index (κ2) is 8.45. The van der Waals surface area contributed by atoms with E-state index in [0.717, 1.165) is 12.8 Å². The molecule has 0 amide bonds. The number of rotatable bonds is 6. The van der Waals surface area contributed by atoms with Gasteiger partial charge < -0.3 is 10.6 Å². The Labute approximate surface area is 144 Å². The molecule has 0 saturated carbocycles. The molecule has 7 heteroatoms. The third kappa shape index (κ3) is 5.50. The van der Waals surface area contributed by atoms with Gasteiger partial charge in [-0.3, -0.25) is 10.1 Å². The van der Waals surface area contributed by atoms with Gasteiger partial charge in [-0.15, -0.1) is 0 Å². The van der Waals surface area contributed by atoms with Crippen LogP contribution >= 0.6 is 23.8 Å². The molecule has 0 aliphatic carbocycles. The van der Waals surface area contributed by atoms with E-state index in [-0.39, 0.29) is 5.69 Å². The summed E-state index contributed by atoms with van der Waals surface area (Å²) >= 11 is 11.2. The minimum Gasteiger partial charge on any atom is -0.362 e. The number of aryl methyl sites for hydroxylation is 1. The van der Waals surface area contributed by atoms with Crippen molar-refractivity contribution in [2.75, 3.05) is 11.9 Å². The third-order valence-electron chi connectivity index (χ3n) is 3.18. The Balaban J connectivity index is 1.81. The van der Waals surface area contributed by atoms with Crippen LogP contribution in [0.15, 0.2) is 48.5 Å². The zero-order valence-corrected chi connectivity index (χ0v) is 13.9. The van der Waals surface area contributed by atoms with E-state index < -0.39 is 4.92 Å². The predicted octanol–water partition coefficient (Wildman–Crippen LogP) is 4.17. The van der Waals surface area contributed by atoms with E-state index in [0.29, 0.717) is 22.4 Å². The normalized spacial score (nSPS) is 10.1. The topological polar surface area (TPSA) is 67.2 Å². The standard InChI is InChI=1S/C16H16ClN3O2S/c17-14-9-8-13(20(21)22)11-15(14)19-16(23)18-10-4-7-12-5-2-1-3-6-12/h1-3,5-6,8-9,11H,4,7,10H2,(H2,18,19,23). The van der Waals surface area contributed by atoms with Gasteiger partial charge in [0.2, 0.25) is 0 Å². The maximum Gasteiger partial charge on any atom is 0.271 e. The quantitative estimate of drug-likeness (QED) is 0.354. The molecule has 2 N–H and O–H groups in total. The summed E-state index contributed by atoms with van der Waals surface area (Å²) in [7, 11) is 0. The molecule has 0 heterocycles. The number of anilines is 1. The zero-order chi connectivity index (χ0) is 16.7. The van der Waals surface area contributed by atoms with Crippen molar-refractivity contribution in [2.24, 2.45) is 0 Å². The molecule has 0 radical (unpaired) electrons. The van der Waals surface area contributed by atoms with Gasteiger partial charge >= 0.3 is 0 Å². The largest absolute Gasteiger partial charge is 0.362 e. The summed E-state index contributed by atoms with van der Waals surface area (Å²) in [6.07, 6.45) is 1.88. The highest BCUT2D eigenvalue weighted by atomic mass is 35.5. The average molecular weight is 350 g/mol. The lowest BCUT2D eigenvalue weighted by atomic mass is 10.1. The van der Waals surface area contributed by atoms with Crippen LogP contribution in [0.5, 0.6) is 0 Å². The van der Waals surface area contributed by atoms with Gasteiger partial charge in [0, 0.05) is 18.7 Å². The van der Waals surface area contributed by atoms with Crippen LogP contribution in [-0.4, -0.2) is 16.6 Å². The Morgan fingerprint density at radius 2 is 1.96 bits per heavy atom. The second-order valence-electron chi connectivity index (χ2n) is 4.89. The van der Waals surface area contributed by atoms with Crippen molar-refractivity contribution in [2.45, 2.75) is 12.8 Å². The first-order valence-corrected chi connectivity index (χ1v) is 7.87. The first kappa shape index (κ1) is 17.2. The number of hydrogen-bond acceptors (Lipinski definition) is 3. The molecule has 2 aromatic carbocycles. The smallest absolute Gasteiger partial charge is 0.271 e. The van der Waals surface area contributed by atoms with Crippen LogP contribution in [0.3, 0.4) is 0 Å². The number of nitro benzene ring substituents is 1. The molecule has 0 aliphatic rings. The minimum atomic E-state index is -0.474. The summed E-state index contributed by atoms with van der Waals surface area (Å²) in [5.74, 6) is 0. The summed E-state index contributed by atoms with van der Waals surface area (Å²) in [5, 5.41) is 17.5. The summed E-state index contributed by atoms with van der Waals surface area (Å²) in [5.41, 5.74) is 1.65. The van der Waals surface area contributed by atoms with E-state index in [9.17, 15) is 10.1 Å². The maximum atomic E-state index is 10.8. The van der Waals surface area contributed by atoms with E-state index >= 15 is 0 Å². The van der Waals surface area contributed by atoms with Gasteiger partial charge in [-0.05, 0) is 36.7 Å². The molecule has 2 aromatic rings. The van der Waals surface area contributed by atoms with Crippen molar-refractivity contribution in [3.63, 3.8) is 0 Å². The highest BCUT2D eigenvalue weighted by Gasteiger charge is 2.10. The van der Waals surface area contributed by atoms with Crippen LogP contribution in [0, 0.1) is 10.1 Å². The van der Waals surface area contributed by atoms with Gasteiger partial charge in [0.05, 0.1) is 15.6 Å². The molecule has 0 aromatic heterocycles. The molecular weight excluding hydrogens is 334 g/mol. The van der Waals surface area contributed by atoms with Crippen molar-refractivity contribution in [1.29, 1.82) is 0 Å². The van der Waals surface area contributed by atoms with Gasteiger partial charge in [-0.25, -0.2) is 0 Å². The number of hydrogen-bond donors (Lipinski definition) is 2. The Kier molecular flexibility index (Phi) is 6.31. The lowest BCUT2D eigenvalue weighted by molar-refractivity contribution is -0.384. The lowest BCUT2D eigenvalue weighted by Gasteiger charge is -2.11. The molecule has 0 fully saturated rings. The molecule has 0 spiro atoms. The van der Waals surface area contributed by atoms with Crippen LogP contribution in [0.2, 0.25) is 5.02 Å². The first-order valence-electron chi connectivity index (χ1n) is 7.09. The van der Waals surface area contributed by atoms with E-state index in [1.54, 1.807) is 0 Å². The monoisotopic (exact) mass is 349 g/mol. The molecule has 0 saturated heterocycles. The summed E-state index contributed by atoms with van der Waals surface area (Å²) in [6, 6.07) is 14.4. The Bertz CT molecular complexity index is 695. The molecule has 0 bridgehead atoms. The van der Waals surface area contributed by atoms with E-state index in [1.807, 2.05) is 18.2 Å². The van der Waals surface area contributed by atoms with Crippen molar-refractivity contribution < 1.29 is 4.92 Å². The molecule has 0 unspecified atom stereocenters. The zero-order valence-electron chi connectivity index (χ0n) is 12.3. The van der Waals surface area contributed by atoms with Gasteiger partial charge in [0.25, 0.3) is 5.69 Å². The average Bonchev–Trinajstić information content (AvgIpc) is 2.54. The number of nitro groups is 1. The summed E-state index contributed by atoms with van der Waals surface area (Å²) in [4.78, 5) is 10.3. The van der Waals surface area contributed by atoms with E-state index in [4.69, 9.17) is 23.8 Å². The van der Waals surface area contributed by atoms with Crippen molar-refractivity contribution in [3.05, 3.63) is 69.2 Å².